The number of nitrogens with two attached hydrogens (primary N) is 3. The van der Waals surface area contributed by atoms with Crippen molar-refractivity contribution in [2.75, 3.05) is 16.8 Å². The Morgan fingerprint density at radius 1 is 0.612 bits per heavy atom. The fourth-order valence-electron chi connectivity index (χ4n) is 7.33. The summed E-state index contributed by atoms with van der Waals surface area (Å²) >= 11 is 0. The first-order chi connectivity index (χ1) is 31.7. The number of nitrogens with zero attached hydrogens (tertiary/aromatic N) is 6. The number of fused-ring (bicyclic) bond motifs is 2. The Kier molecular flexibility index (Phi) is 12.0. The first kappa shape index (κ1) is 45.8. The second-order valence-electron chi connectivity index (χ2n) is 14.9. The fraction of sp³-hybridized carbons (Fsp3) is 0.0455. The van der Waals surface area contributed by atoms with Crippen molar-refractivity contribution in [1.29, 1.82) is 0 Å². The number of nitrogen functional groups attached to an aromatic ring is 2. The van der Waals surface area contributed by atoms with Gasteiger partial charge < -0.3 is 21.9 Å². The minimum Gasteiger partial charge on any atom is -0.507 e. The molecule has 0 bridgehead atoms. The molecule has 8 rings (SSSR count). The summed E-state index contributed by atoms with van der Waals surface area (Å²) in [6.07, 6.45) is 0.771. The summed E-state index contributed by atoms with van der Waals surface area (Å²) < 4.78 is 109. The maximum absolute atomic E-state index is 13.2. The highest BCUT2D eigenvalue weighted by Crippen LogP contribution is 2.51. The van der Waals surface area contributed by atoms with Gasteiger partial charge >= 0.3 is 0 Å². The largest absolute Gasteiger partial charge is 0.507 e. The van der Waals surface area contributed by atoms with E-state index >= 15 is 0 Å². The number of azo groups is 3. The molecule has 0 spiro atoms. The zero-order chi connectivity index (χ0) is 47.9. The summed E-state index contributed by atoms with van der Waals surface area (Å²) in [7, 11) is -15.5. The highest BCUT2D eigenvalue weighted by Gasteiger charge is 2.51. The zero-order valence-corrected chi connectivity index (χ0v) is 36.8. The molecule has 7 aromatic rings. The molecule has 20 nitrogen and oxygen atoms in total. The average molecular weight is 961 g/mol. The third kappa shape index (κ3) is 9.50. The number of rotatable bonds is 12. The third-order valence-electron chi connectivity index (χ3n) is 10.4. The van der Waals surface area contributed by atoms with Crippen LogP contribution < -0.4 is 22.5 Å². The van der Waals surface area contributed by atoms with Crippen molar-refractivity contribution in [3.05, 3.63) is 156 Å². The molecule has 11 N–H and O–H groups in total. The Morgan fingerprint density at radius 2 is 1.28 bits per heavy atom. The van der Waals surface area contributed by atoms with Crippen molar-refractivity contribution in [1.82, 2.24) is 0 Å². The van der Waals surface area contributed by atoms with E-state index in [1.165, 1.54) is 42.5 Å². The standard InChI is InChI=1S/C44H36N10O10S3/c45-28-13-19-35(33(46)23-28)51-49-30-16-14-29(15-17-30)48-36-20-18-31(24-37(36)65(56,57)58)50-53-43-39(67(62,63)64)22-27-21-38(66(59,60)61)40(26-8-2-1-3-9-26)42(55)41(27)44(43,47)54-52-34-12-6-10-25-7-4-5-11-32(25)34/h1-24,43,48,55H,45-47H2,(H,56,57,58)(H,59,60,61)(H,62,63,64). The first-order valence-electron chi connectivity index (χ1n) is 19.5. The molecule has 0 radical (unpaired) electrons. The second-order valence-corrected chi connectivity index (χ2v) is 19.1. The van der Waals surface area contributed by atoms with E-state index in [1.807, 2.05) is 0 Å². The molecular weight excluding hydrogens is 925 g/mol. The van der Waals surface area contributed by atoms with Crippen molar-refractivity contribution in [2.45, 2.75) is 21.5 Å². The van der Waals surface area contributed by atoms with Gasteiger partial charge in [-0.15, -0.1) is 5.11 Å². The van der Waals surface area contributed by atoms with Gasteiger partial charge in [-0.2, -0.15) is 50.8 Å². The number of hydrogen-bond donors (Lipinski definition) is 8. The van der Waals surface area contributed by atoms with Gasteiger partial charge in [0.25, 0.3) is 30.4 Å². The molecule has 0 amide bonds. The molecule has 1 aliphatic rings. The van der Waals surface area contributed by atoms with Crippen molar-refractivity contribution < 1.29 is 44.0 Å². The predicted octanol–water partition coefficient (Wildman–Crippen LogP) is 9.32. The van der Waals surface area contributed by atoms with Gasteiger partial charge in [0.2, 0.25) is 0 Å². The molecule has 0 fully saturated rings. The van der Waals surface area contributed by atoms with Crippen LogP contribution >= 0.6 is 0 Å². The van der Waals surface area contributed by atoms with E-state index in [9.17, 15) is 44.0 Å². The molecule has 0 aliphatic heterocycles. The van der Waals surface area contributed by atoms with Gasteiger partial charge in [-0.05, 0) is 95.4 Å². The van der Waals surface area contributed by atoms with E-state index in [-0.39, 0.29) is 22.6 Å². The van der Waals surface area contributed by atoms with E-state index in [0.717, 1.165) is 23.6 Å². The highest BCUT2D eigenvalue weighted by atomic mass is 32.2. The number of aromatic hydroxyl groups is 1. The van der Waals surface area contributed by atoms with Crippen LogP contribution in [0.1, 0.15) is 11.1 Å². The van der Waals surface area contributed by atoms with E-state index < -0.39 is 79.2 Å². The Balaban J connectivity index is 1.24. The molecule has 1 aliphatic carbocycles. The summed E-state index contributed by atoms with van der Waals surface area (Å²) in [6, 6.07) is 32.7. The van der Waals surface area contributed by atoms with Crippen LogP contribution in [0.5, 0.6) is 5.75 Å². The zero-order valence-electron chi connectivity index (χ0n) is 34.3. The van der Waals surface area contributed by atoms with Crippen LogP contribution in [0.4, 0.5) is 45.5 Å². The first-order valence-corrected chi connectivity index (χ1v) is 23.8. The molecule has 0 saturated carbocycles. The van der Waals surface area contributed by atoms with Gasteiger partial charge in [0.15, 0.2) is 11.7 Å². The normalized spacial score (nSPS) is 16.7. The van der Waals surface area contributed by atoms with Crippen molar-refractivity contribution in [3.63, 3.8) is 0 Å². The number of phenols is 1. The lowest BCUT2D eigenvalue weighted by Gasteiger charge is -2.36. The molecule has 23 heteroatoms. The van der Waals surface area contributed by atoms with Crippen LogP contribution in [0.2, 0.25) is 0 Å². The van der Waals surface area contributed by atoms with E-state index in [4.69, 9.17) is 17.2 Å². The lowest BCUT2D eigenvalue weighted by Crippen LogP contribution is -2.49. The molecule has 67 heavy (non-hydrogen) atoms. The molecule has 0 heterocycles. The maximum atomic E-state index is 13.2. The summed E-state index contributed by atoms with van der Waals surface area (Å²) in [5, 5.41) is 41.6. The topological polar surface area (TPSA) is 348 Å². The van der Waals surface area contributed by atoms with Gasteiger partial charge in [-0.25, -0.2) is 0 Å². The molecule has 2 atom stereocenters. The Labute approximate surface area is 382 Å². The van der Waals surface area contributed by atoms with E-state index in [0.29, 0.717) is 33.8 Å². The monoisotopic (exact) mass is 960 g/mol. The third-order valence-corrected chi connectivity index (χ3v) is 13.1. The van der Waals surface area contributed by atoms with E-state index in [2.05, 4.69) is 36.0 Å². The van der Waals surface area contributed by atoms with Gasteiger partial charge in [0, 0.05) is 27.9 Å². The van der Waals surface area contributed by atoms with Crippen LogP contribution in [0.25, 0.3) is 28.0 Å². The number of benzene rings is 7. The Bertz CT molecular complexity index is 3590. The summed E-state index contributed by atoms with van der Waals surface area (Å²) in [5.41, 5.74) is 16.6. The molecule has 0 aromatic heterocycles. The minimum absolute atomic E-state index is 0.0828. The Morgan fingerprint density at radius 3 is 1.97 bits per heavy atom. The predicted molar refractivity (Wildman–Crippen MR) is 251 cm³/mol. The van der Waals surface area contributed by atoms with Gasteiger partial charge in [-0.1, -0.05) is 66.7 Å². The highest BCUT2D eigenvalue weighted by molar-refractivity contribution is 7.90. The average Bonchev–Trinajstić information content (AvgIpc) is 3.27. The summed E-state index contributed by atoms with van der Waals surface area (Å²) in [6.45, 7) is 0. The van der Waals surface area contributed by atoms with Gasteiger partial charge in [-0.3, -0.25) is 19.4 Å². The molecule has 2 unspecified atom stereocenters. The number of phenolic OH excluding ortho intramolecular Hbond substituents is 1. The molecule has 340 valence electrons. The summed E-state index contributed by atoms with van der Waals surface area (Å²) in [5.74, 6) is -0.881. The minimum atomic E-state index is -5.37. The van der Waals surface area contributed by atoms with Crippen LogP contribution in [0.3, 0.4) is 0 Å². The van der Waals surface area contributed by atoms with E-state index in [1.54, 1.807) is 84.9 Å². The maximum Gasteiger partial charge on any atom is 0.296 e. The van der Waals surface area contributed by atoms with Crippen molar-refractivity contribution in [3.8, 4) is 16.9 Å². The fourth-order valence-corrected chi connectivity index (χ4v) is 9.53. The lowest BCUT2D eigenvalue weighted by atomic mass is 9.81. The van der Waals surface area contributed by atoms with Gasteiger partial charge in [0.1, 0.15) is 26.1 Å². The number of anilines is 4. The number of nitrogens with one attached hydrogen (secondary N) is 1. The van der Waals surface area contributed by atoms with Crippen molar-refractivity contribution >= 4 is 92.7 Å². The van der Waals surface area contributed by atoms with Crippen LogP contribution in [-0.4, -0.2) is 50.1 Å². The van der Waals surface area contributed by atoms with Crippen molar-refractivity contribution in [2.24, 2.45) is 36.4 Å². The lowest BCUT2D eigenvalue weighted by molar-refractivity contribution is 0.354. The smallest absolute Gasteiger partial charge is 0.296 e. The molecule has 0 saturated heterocycles. The quantitative estimate of drug-likeness (QED) is 0.0321. The summed E-state index contributed by atoms with van der Waals surface area (Å²) in [4.78, 5) is -2.55. The second kappa shape index (κ2) is 17.6. The van der Waals surface area contributed by atoms with Crippen LogP contribution in [0, 0.1) is 0 Å². The molecule has 7 aromatic carbocycles. The SMILES string of the molecule is Nc1ccc(N=Nc2ccc(Nc3ccc(N=NC4C(S(=O)(=O)O)=Cc5cc(S(=O)(=O)O)c(-c6ccccc6)c(O)c5C4(N)N=Nc4cccc5ccccc45)cc3S(=O)(=O)O)cc2)c(N)c1. The number of hydrogen-bond acceptors (Lipinski definition) is 17. The van der Waals surface area contributed by atoms with Crippen LogP contribution in [-0.2, 0) is 36.0 Å². The van der Waals surface area contributed by atoms with Gasteiger partial charge in [0.05, 0.1) is 28.4 Å². The van der Waals surface area contributed by atoms with Crippen LogP contribution in [0.15, 0.2) is 185 Å². The Hall–Kier alpha value is -7.77. The molecular formula is C44H36N10O10S3.